The van der Waals surface area contributed by atoms with Crippen LogP contribution < -0.4 is 11.2 Å². The van der Waals surface area contributed by atoms with Gasteiger partial charge in [0.1, 0.15) is 0 Å². The number of rotatable bonds is 6. The van der Waals surface area contributed by atoms with E-state index in [-0.39, 0.29) is 0 Å². The zero-order valence-electron chi connectivity index (χ0n) is 8.09. The Kier molecular flexibility index (Phi) is 6.32. The smallest absolute Gasteiger partial charge is 0.0507 e. The fourth-order valence-electron chi connectivity index (χ4n) is 0.664. The Bertz CT molecular complexity index is 226. The van der Waals surface area contributed by atoms with Crippen LogP contribution in [0.1, 0.15) is 13.3 Å². The standard InChI is InChI=1S/C10H17N3/c1-4-6-12-13-8-9(3)7-10(11)5-2/h4-5,8,12H,1,3,6-7,11H2,2H3/b10-5+,13-8-. The molecule has 0 saturated heterocycles. The molecule has 0 aliphatic heterocycles. The summed E-state index contributed by atoms with van der Waals surface area (Å²) in [5, 5.41) is 3.92. The Morgan fingerprint density at radius 2 is 2.31 bits per heavy atom. The highest BCUT2D eigenvalue weighted by Crippen LogP contribution is 2.00. The second-order valence-electron chi connectivity index (χ2n) is 2.61. The summed E-state index contributed by atoms with van der Waals surface area (Å²) < 4.78 is 0. The number of nitrogens with one attached hydrogen (secondary N) is 1. The summed E-state index contributed by atoms with van der Waals surface area (Å²) in [5.41, 5.74) is 10.1. The molecule has 0 unspecified atom stereocenters. The van der Waals surface area contributed by atoms with Crippen molar-refractivity contribution in [2.75, 3.05) is 6.54 Å². The molecular weight excluding hydrogens is 162 g/mol. The van der Waals surface area contributed by atoms with E-state index in [2.05, 4.69) is 23.7 Å². The van der Waals surface area contributed by atoms with E-state index < -0.39 is 0 Å². The van der Waals surface area contributed by atoms with E-state index in [1.54, 1.807) is 12.3 Å². The molecule has 13 heavy (non-hydrogen) atoms. The summed E-state index contributed by atoms with van der Waals surface area (Å²) in [6.07, 6.45) is 5.92. The van der Waals surface area contributed by atoms with Gasteiger partial charge < -0.3 is 11.2 Å². The highest BCUT2D eigenvalue weighted by Gasteiger charge is 1.91. The molecule has 0 aromatic rings. The molecule has 0 saturated carbocycles. The van der Waals surface area contributed by atoms with E-state index in [4.69, 9.17) is 5.73 Å². The quantitative estimate of drug-likeness (QED) is 0.281. The number of hydrogen-bond donors (Lipinski definition) is 2. The lowest BCUT2D eigenvalue weighted by molar-refractivity contribution is 0.831. The largest absolute Gasteiger partial charge is 0.402 e. The highest BCUT2D eigenvalue weighted by molar-refractivity contribution is 5.77. The van der Waals surface area contributed by atoms with Crippen LogP contribution in [0.25, 0.3) is 0 Å². The highest BCUT2D eigenvalue weighted by atomic mass is 15.3. The Morgan fingerprint density at radius 1 is 1.62 bits per heavy atom. The van der Waals surface area contributed by atoms with E-state index in [0.29, 0.717) is 13.0 Å². The molecule has 3 nitrogen and oxygen atoms in total. The van der Waals surface area contributed by atoms with Crippen LogP contribution >= 0.6 is 0 Å². The van der Waals surface area contributed by atoms with E-state index in [0.717, 1.165) is 11.3 Å². The minimum absolute atomic E-state index is 0.656. The fraction of sp³-hybridized carbons (Fsp3) is 0.300. The average Bonchev–Trinajstić information content (AvgIpc) is 2.12. The van der Waals surface area contributed by atoms with Crippen LogP contribution in [0.5, 0.6) is 0 Å². The Balaban J connectivity index is 3.73. The van der Waals surface area contributed by atoms with Gasteiger partial charge in [0.15, 0.2) is 0 Å². The van der Waals surface area contributed by atoms with Crippen molar-refractivity contribution in [3.63, 3.8) is 0 Å². The first kappa shape index (κ1) is 11.5. The Morgan fingerprint density at radius 3 is 2.85 bits per heavy atom. The van der Waals surface area contributed by atoms with Crippen LogP contribution in [0, 0.1) is 0 Å². The van der Waals surface area contributed by atoms with Crippen LogP contribution in [0.15, 0.2) is 41.7 Å². The van der Waals surface area contributed by atoms with Gasteiger partial charge in [-0.3, -0.25) is 0 Å². The summed E-state index contributed by atoms with van der Waals surface area (Å²) in [7, 11) is 0. The normalized spacial score (nSPS) is 11.6. The molecule has 0 aliphatic carbocycles. The molecule has 0 aromatic carbocycles. The van der Waals surface area contributed by atoms with Gasteiger partial charge >= 0.3 is 0 Å². The molecule has 0 spiro atoms. The van der Waals surface area contributed by atoms with Crippen molar-refractivity contribution < 1.29 is 0 Å². The third kappa shape index (κ3) is 6.87. The summed E-state index contributed by atoms with van der Waals surface area (Å²) in [6, 6.07) is 0. The summed E-state index contributed by atoms with van der Waals surface area (Å²) >= 11 is 0. The molecule has 72 valence electrons. The molecule has 0 bridgehead atoms. The van der Waals surface area contributed by atoms with Crippen LogP contribution in [0.3, 0.4) is 0 Å². The lowest BCUT2D eigenvalue weighted by atomic mass is 10.2. The van der Waals surface area contributed by atoms with Crippen molar-refractivity contribution in [2.24, 2.45) is 10.8 Å². The van der Waals surface area contributed by atoms with Crippen LogP contribution in [0.4, 0.5) is 0 Å². The number of nitrogens with zero attached hydrogens (tertiary/aromatic N) is 1. The van der Waals surface area contributed by atoms with Crippen LogP contribution in [-0.4, -0.2) is 12.8 Å². The minimum atomic E-state index is 0.656. The molecular formula is C10H17N3. The van der Waals surface area contributed by atoms with Gasteiger partial charge in [0.2, 0.25) is 0 Å². The number of hydrogen-bond acceptors (Lipinski definition) is 3. The van der Waals surface area contributed by atoms with Crippen molar-refractivity contribution in [2.45, 2.75) is 13.3 Å². The third-order valence-electron chi connectivity index (χ3n) is 1.38. The second-order valence-corrected chi connectivity index (χ2v) is 2.61. The molecule has 0 aliphatic rings. The maximum atomic E-state index is 5.61. The molecule has 0 amide bonds. The van der Waals surface area contributed by atoms with E-state index >= 15 is 0 Å². The van der Waals surface area contributed by atoms with Gasteiger partial charge in [0, 0.05) is 18.3 Å². The number of allylic oxidation sites excluding steroid dienone is 2. The molecule has 3 heteroatoms. The second kappa shape index (κ2) is 7.16. The van der Waals surface area contributed by atoms with Gasteiger partial charge in [0.25, 0.3) is 0 Å². The minimum Gasteiger partial charge on any atom is -0.402 e. The SMILES string of the molecule is C=CCN/N=C\C(=C)C/C(N)=C\C. The first-order chi connectivity index (χ1) is 6.20. The van der Waals surface area contributed by atoms with Gasteiger partial charge in [-0.15, -0.1) is 6.58 Å². The van der Waals surface area contributed by atoms with E-state index in [1.165, 1.54) is 0 Å². The molecule has 0 fully saturated rings. The Labute approximate surface area is 79.7 Å². The summed E-state index contributed by atoms with van der Waals surface area (Å²) in [4.78, 5) is 0. The van der Waals surface area contributed by atoms with Crippen molar-refractivity contribution in [3.8, 4) is 0 Å². The first-order valence-electron chi connectivity index (χ1n) is 4.16. The Hall–Kier alpha value is -1.51. The van der Waals surface area contributed by atoms with Gasteiger partial charge in [0.05, 0.1) is 6.54 Å². The van der Waals surface area contributed by atoms with Crippen molar-refractivity contribution in [3.05, 3.63) is 36.6 Å². The lowest BCUT2D eigenvalue weighted by Gasteiger charge is -1.99. The van der Waals surface area contributed by atoms with Crippen molar-refractivity contribution in [1.29, 1.82) is 0 Å². The van der Waals surface area contributed by atoms with E-state index in [9.17, 15) is 0 Å². The van der Waals surface area contributed by atoms with Crippen molar-refractivity contribution >= 4 is 6.21 Å². The zero-order chi connectivity index (χ0) is 10.1. The van der Waals surface area contributed by atoms with Gasteiger partial charge in [-0.1, -0.05) is 18.7 Å². The van der Waals surface area contributed by atoms with Crippen LogP contribution in [0.2, 0.25) is 0 Å². The average molecular weight is 179 g/mol. The fourth-order valence-corrected chi connectivity index (χ4v) is 0.664. The zero-order valence-corrected chi connectivity index (χ0v) is 8.09. The first-order valence-corrected chi connectivity index (χ1v) is 4.16. The third-order valence-corrected chi connectivity index (χ3v) is 1.38. The topological polar surface area (TPSA) is 50.4 Å². The van der Waals surface area contributed by atoms with Crippen LogP contribution in [-0.2, 0) is 0 Å². The van der Waals surface area contributed by atoms with Crippen molar-refractivity contribution in [1.82, 2.24) is 5.43 Å². The molecule has 0 atom stereocenters. The molecule has 0 rings (SSSR count). The number of hydrazone groups is 1. The predicted molar refractivity (Wildman–Crippen MR) is 58.4 cm³/mol. The number of nitrogens with two attached hydrogens (primary N) is 1. The summed E-state index contributed by atoms with van der Waals surface area (Å²) in [6.45, 7) is 9.91. The maximum Gasteiger partial charge on any atom is 0.0507 e. The predicted octanol–water partition coefficient (Wildman–Crippen LogP) is 1.56. The molecule has 0 radical (unpaired) electrons. The summed E-state index contributed by atoms with van der Waals surface area (Å²) in [5.74, 6) is 0. The lowest BCUT2D eigenvalue weighted by Crippen LogP contribution is -2.05. The monoisotopic (exact) mass is 179 g/mol. The van der Waals surface area contributed by atoms with Gasteiger partial charge in [-0.25, -0.2) is 0 Å². The van der Waals surface area contributed by atoms with Gasteiger partial charge in [-0.2, -0.15) is 5.10 Å². The van der Waals surface area contributed by atoms with Gasteiger partial charge in [-0.05, 0) is 12.5 Å². The molecule has 0 aromatic heterocycles. The van der Waals surface area contributed by atoms with E-state index in [1.807, 2.05) is 13.0 Å². The molecule has 3 N–H and O–H groups in total. The maximum absolute atomic E-state index is 5.61. The molecule has 0 heterocycles.